The highest BCUT2D eigenvalue weighted by molar-refractivity contribution is 7.15. The molecule has 1 aromatic rings. The Bertz CT molecular complexity index is 430. The molecule has 6 nitrogen and oxygen atoms in total. The van der Waals surface area contributed by atoms with Gasteiger partial charge in [0.1, 0.15) is 5.01 Å². The molecule has 3 N–H and O–H groups in total. The number of rotatable bonds is 7. The Morgan fingerprint density at radius 3 is 2.85 bits per heavy atom. The molecule has 1 fully saturated rings. The molecule has 1 aliphatic heterocycles. The van der Waals surface area contributed by atoms with Crippen molar-refractivity contribution in [2.24, 2.45) is 0 Å². The zero-order chi connectivity index (χ0) is 14.4. The van der Waals surface area contributed by atoms with Gasteiger partial charge in [-0.1, -0.05) is 11.3 Å². The Kier molecular flexibility index (Phi) is 5.72. The van der Waals surface area contributed by atoms with E-state index < -0.39 is 0 Å². The number of anilines is 1. The van der Waals surface area contributed by atoms with Gasteiger partial charge in [0.25, 0.3) is 0 Å². The quantitative estimate of drug-likeness (QED) is 0.785. The number of carbonyl (C=O) groups is 1. The normalized spacial score (nSPS) is 17.2. The van der Waals surface area contributed by atoms with Gasteiger partial charge in [0, 0.05) is 25.4 Å². The van der Waals surface area contributed by atoms with Crippen molar-refractivity contribution in [1.82, 2.24) is 20.4 Å². The van der Waals surface area contributed by atoms with Gasteiger partial charge >= 0.3 is 0 Å². The lowest BCUT2D eigenvalue weighted by atomic mass is 10.1. The maximum Gasteiger partial charge on any atom is 0.220 e. The lowest BCUT2D eigenvalue weighted by molar-refractivity contribution is -0.121. The van der Waals surface area contributed by atoms with E-state index in [1.165, 1.54) is 37.3 Å². The van der Waals surface area contributed by atoms with Gasteiger partial charge in [-0.05, 0) is 39.3 Å². The van der Waals surface area contributed by atoms with Crippen molar-refractivity contribution in [2.45, 2.75) is 45.1 Å². The summed E-state index contributed by atoms with van der Waals surface area (Å²) in [5.41, 5.74) is 5.50. The molecule has 0 aromatic carbocycles. The summed E-state index contributed by atoms with van der Waals surface area (Å²) < 4.78 is 0. The van der Waals surface area contributed by atoms with E-state index in [1.807, 2.05) is 0 Å². The van der Waals surface area contributed by atoms with Crippen molar-refractivity contribution in [2.75, 3.05) is 25.4 Å². The highest BCUT2D eigenvalue weighted by atomic mass is 32.1. The maximum absolute atomic E-state index is 11.8. The standard InChI is InChI=1S/C13H23N5OS/c1-10(18-8-2-3-9-18)4-5-11(19)15-7-6-12-16-17-13(14)20-12/h10H,2-9H2,1H3,(H2,14,17)(H,15,19)/t10-/m1/s1. The SMILES string of the molecule is C[C@H](CCC(=O)NCCc1nnc(N)s1)N1CCCC1. The Labute approximate surface area is 123 Å². The van der Waals surface area contributed by atoms with Crippen molar-refractivity contribution < 1.29 is 4.79 Å². The monoisotopic (exact) mass is 297 g/mol. The van der Waals surface area contributed by atoms with E-state index in [1.54, 1.807) is 0 Å². The van der Waals surface area contributed by atoms with E-state index in [4.69, 9.17) is 5.73 Å². The molecular weight excluding hydrogens is 274 g/mol. The number of aromatic nitrogens is 2. The van der Waals surface area contributed by atoms with Crippen LogP contribution in [0.3, 0.4) is 0 Å². The number of carbonyl (C=O) groups excluding carboxylic acids is 1. The predicted molar refractivity (Wildman–Crippen MR) is 80.5 cm³/mol. The number of likely N-dealkylation sites (tertiary alicyclic amines) is 1. The summed E-state index contributed by atoms with van der Waals surface area (Å²) in [6.45, 7) is 5.18. The minimum Gasteiger partial charge on any atom is -0.374 e. The summed E-state index contributed by atoms with van der Waals surface area (Å²) in [5, 5.41) is 11.9. The van der Waals surface area contributed by atoms with Crippen LogP contribution in [0, 0.1) is 0 Å². The highest BCUT2D eigenvalue weighted by Gasteiger charge is 2.18. The molecule has 1 amide bonds. The molecule has 20 heavy (non-hydrogen) atoms. The van der Waals surface area contributed by atoms with E-state index in [9.17, 15) is 4.79 Å². The summed E-state index contributed by atoms with van der Waals surface area (Å²) in [7, 11) is 0. The largest absolute Gasteiger partial charge is 0.374 e. The average Bonchev–Trinajstić information content (AvgIpc) is 3.07. The number of nitrogens with one attached hydrogen (secondary N) is 1. The second-order valence-corrected chi connectivity index (χ2v) is 6.36. The fourth-order valence-corrected chi connectivity index (χ4v) is 3.08. The van der Waals surface area contributed by atoms with Crippen LogP contribution in [0.15, 0.2) is 0 Å². The Balaban J connectivity index is 1.58. The first-order chi connectivity index (χ1) is 9.65. The molecule has 7 heteroatoms. The number of nitrogens with two attached hydrogens (primary N) is 1. The van der Waals surface area contributed by atoms with Crippen LogP contribution in [0.4, 0.5) is 5.13 Å². The molecule has 2 heterocycles. The van der Waals surface area contributed by atoms with Crippen molar-refractivity contribution >= 4 is 22.4 Å². The maximum atomic E-state index is 11.8. The van der Waals surface area contributed by atoms with Crippen LogP contribution in [0.5, 0.6) is 0 Å². The van der Waals surface area contributed by atoms with Gasteiger partial charge in [-0.2, -0.15) is 0 Å². The lowest BCUT2D eigenvalue weighted by Crippen LogP contribution is -2.32. The molecule has 0 bridgehead atoms. The number of hydrogen-bond acceptors (Lipinski definition) is 6. The molecule has 0 unspecified atom stereocenters. The zero-order valence-electron chi connectivity index (χ0n) is 12.0. The molecule has 0 spiro atoms. The first-order valence-electron chi connectivity index (χ1n) is 7.24. The third-order valence-corrected chi connectivity index (χ3v) is 4.51. The number of hydrogen-bond donors (Lipinski definition) is 2. The number of nitrogens with zero attached hydrogens (tertiary/aromatic N) is 3. The summed E-state index contributed by atoms with van der Waals surface area (Å²) in [5.74, 6) is 0.119. The van der Waals surface area contributed by atoms with E-state index in [-0.39, 0.29) is 5.91 Å². The summed E-state index contributed by atoms with van der Waals surface area (Å²) >= 11 is 1.37. The van der Waals surface area contributed by atoms with Gasteiger partial charge in [-0.3, -0.25) is 4.79 Å². The van der Waals surface area contributed by atoms with Crippen molar-refractivity contribution in [3.63, 3.8) is 0 Å². The molecule has 0 radical (unpaired) electrons. The van der Waals surface area contributed by atoms with Gasteiger partial charge in [-0.25, -0.2) is 0 Å². The molecule has 0 saturated carbocycles. The highest BCUT2D eigenvalue weighted by Crippen LogP contribution is 2.15. The van der Waals surface area contributed by atoms with Crippen LogP contribution >= 0.6 is 11.3 Å². The zero-order valence-corrected chi connectivity index (χ0v) is 12.8. The molecule has 1 saturated heterocycles. The van der Waals surface area contributed by atoms with Gasteiger partial charge in [0.05, 0.1) is 0 Å². The van der Waals surface area contributed by atoms with E-state index in [0.717, 1.165) is 11.4 Å². The molecule has 2 rings (SSSR count). The van der Waals surface area contributed by atoms with Crippen LogP contribution in [0.1, 0.15) is 37.6 Å². The second kappa shape index (κ2) is 7.54. The molecule has 112 valence electrons. The van der Waals surface area contributed by atoms with Crippen molar-refractivity contribution in [1.29, 1.82) is 0 Å². The third-order valence-electron chi connectivity index (χ3n) is 3.70. The van der Waals surface area contributed by atoms with Crippen LogP contribution in [0.25, 0.3) is 0 Å². The second-order valence-electron chi connectivity index (χ2n) is 5.26. The lowest BCUT2D eigenvalue weighted by Gasteiger charge is -2.23. The van der Waals surface area contributed by atoms with Crippen LogP contribution in [-0.2, 0) is 11.2 Å². The van der Waals surface area contributed by atoms with E-state index in [2.05, 4.69) is 27.3 Å². The summed E-state index contributed by atoms with van der Waals surface area (Å²) in [4.78, 5) is 14.2. The predicted octanol–water partition coefficient (Wildman–Crippen LogP) is 1.04. The topological polar surface area (TPSA) is 84.1 Å². The average molecular weight is 297 g/mol. The van der Waals surface area contributed by atoms with Gasteiger partial charge < -0.3 is 16.0 Å². The Morgan fingerprint density at radius 1 is 1.45 bits per heavy atom. The Hall–Kier alpha value is -1.21. The van der Waals surface area contributed by atoms with Crippen LogP contribution in [-0.4, -0.2) is 46.7 Å². The van der Waals surface area contributed by atoms with Gasteiger partial charge in [-0.15, -0.1) is 10.2 Å². The fourth-order valence-electron chi connectivity index (χ4n) is 2.47. The Morgan fingerprint density at radius 2 is 2.20 bits per heavy atom. The van der Waals surface area contributed by atoms with Crippen molar-refractivity contribution in [3.8, 4) is 0 Å². The van der Waals surface area contributed by atoms with Crippen LogP contribution in [0.2, 0.25) is 0 Å². The third kappa shape index (κ3) is 4.72. The summed E-state index contributed by atoms with van der Waals surface area (Å²) in [6.07, 6.45) is 4.80. The molecule has 1 atom stereocenters. The van der Waals surface area contributed by atoms with Crippen LogP contribution < -0.4 is 11.1 Å². The summed E-state index contributed by atoms with van der Waals surface area (Å²) in [6, 6.07) is 0.506. The number of nitrogen functional groups attached to an aromatic ring is 1. The van der Waals surface area contributed by atoms with Gasteiger partial charge in [0.2, 0.25) is 11.0 Å². The van der Waals surface area contributed by atoms with E-state index in [0.29, 0.717) is 30.6 Å². The minimum absolute atomic E-state index is 0.119. The van der Waals surface area contributed by atoms with E-state index >= 15 is 0 Å². The fraction of sp³-hybridized carbons (Fsp3) is 0.769. The first-order valence-corrected chi connectivity index (χ1v) is 8.05. The first kappa shape index (κ1) is 15.2. The number of amides is 1. The molecular formula is C13H23N5OS. The minimum atomic E-state index is 0.119. The van der Waals surface area contributed by atoms with Crippen molar-refractivity contribution in [3.05, 3.63) is 5.01 Å². The van der Waals surface area contributed by atoms with Gasteiger partial charge in [0.15, 0.2) is 0 Å². The smallest absolute Gasteiger partial charge is 0.220 e. The molecule has 0 aliphatic carbocycles. The molecule has 1 aliphatic rings. The molecule has 1 aromatic heterocycles.